The largest absolute Gasteiger partial charge is 0.364 e. The van der Waals surface area contributed by atoms with Crippen molar-refractivity contribution in [3.05, 3.63) is 48.0 Å². The minimum Gasteiger partial charge on any atom is -0.364 e. The van der Waals surface area contributed by atoms with Gasteiger partial charge in [-0.1, -0.05) is 6.07 Å². The van der Waals surface area contributed by atoms with Gasteiger partial charge in [0.1, 0.15) is 5.69 Å². The quantitative estimate of drug-likeness (QED) is 0.891. The molecule has 2 heterocycles. The average Bonchev–Trinajstić information content (AvgIpc) is 3.23. The van der Waals surface area contributed by atoms with E-state index in [4.69, 9.17) is 5.73 Å². The fraction of sp³-hybridized carbons (Fsp3) is 0.214. The number of pyridine rings is 2. The average molecular weight is 239 g/mol. The molecule has 1 aliphatic rings. The van der Waals surface area contributed by atoms with Crippen LogP contribution in [0.4, 0.5) is 0 Å². The van der Waals surface area contributed by atoms with Crippen molar-refractivity contribution in [3.63, 3.8) is 0 Å². The maximum atomic E-state index is 11.2. The van der Waals surface area contributed by atoms with Gasteiger partial charge in [-0.2, -0.15) is 0 Å². The second-order valence-electron chi connectivity index (χ2n) is 4.50. The van der Waals surface area contributed by atoms with Crippen LogP contribution < -0.4 is 5.73 Å². The van der Waals surface area contributed by atoms with Gasteiger partial charge in [0, 0.05) is 23.9 Å². The van der Waals surface area contributed by atoms with Gasteiger partial charge in [-0.05, 0) is 36.6 Å². The highest BCUT2D eigenvalue weighted by Crippen LogP contribution is 2.43. The first-order chi connectivity index (χ1) is 8.75. The van der Waals surface area contributed by atoms with E-state index in [1.807, 2.05) is 24.4 Å². The van der Waals surface area contributed by atoms with E-state index in [2.05, 4.69) is 9.97 Å². The van der Waals surface area contributed by atoms with Crippen LogP contribution in [-0.2, 0) is 0 Å². The van der Waals surface area contributed by atoms with Gasteiger partial charge in [-0.25, -0.2) is 0 Å². The summed E-state index contributed by atoms with van der Waals surface area (Å²) in [6.07, 6.45) is 5.81. The summed E-state index contributed by atoms with van der Waals surface area (Å²) in [7, 11) is 0. The van der Waals surface area contributed by atoms with Crippen LogP contribution in [0.5, 0.6) is 0 Å². The molecule has 0 aliphatic heterocycles. The Bertz CT molecular complexity index is 605. The van der Waals surface area contributed by atoms with E-state index in [0.717, 1.165) is 16.8 Å². The van der Waals surface area contributed by atoms with Crippen LogP contribution in [0.3, 0.4) is 0 Å². The van der Waals surface area contributed by atoms with Gasteiger partial charge in [0.2, 0.25) is 0 Å². The van der Waals surface area contributed by atoms with Gasteiger partial charge in [0.25, 0.3) is 5.91 Å². The maximum Gasteiger partial charge on any atom is 0.267 e. The highest BCUT2D eigenvalue weighted by molar-refractivity contribution is 5.92. The van der Waals surface area contributed by atoms with Crippen molar-refractivity contribution in [1.29, 1.82) is 0 Å². The predicted molar refractivity (Wildman–Crippen MR) is 68.0 cm³/mol. The van der Waals surface area contributed by atoms with Crippen LogP contribution in [0.25, 0.3) is 11.1 Å². The third kappa shape index (κ3) is 1.97. The third-order valence-corrected chi connectivity index (χ3v) is 3.13. The number of carbonyl (C=O) groups is 1. The normalized spacial score (nSPS) is 14.4. The van der Waals surface area contributed by atoms with Crippen LogP contribution in [0.1, 0.15) is 34.9 Å². The summed E-state index contributed by atoms with van der Waals surface area (Å²) < 4.78 is 0. The number of nitrogens with two attached hydrogens (primary N) is 1. The van der Waals surface area contributed by atoms with E-state index in [9.17, 15) is 4.79 Å². The summed E-state index contributed by atoms with van der Waals surface area (Å²) in [6, 6.07) is 7.55. The first kappa shape index (κ1) is 10.9. The van der Waals surface area contributed by atoms with E-state index in [1.54, 1.807) is 12.3 Å². The van der Waals surface area contributed by atoms with Crippen LogP contribution in [0.15, 0.2) is 36.7 Å². The Kier molecular flexibility index (Phi) is 2.55. The molecule has 18 heavy (non-hydrogen) atoms. The van der Waals surface area contributed by atoms with Gasteiger partial charge in [0.05, 0.1) is 5.69 Å². The Morgan fingerprint density at radius 3 is 2.78 bits per heavy atom. The van der Waals surface area contributed by atoms with Gasteiger partial charge in [0.15, 0.2) is 0 Å². The lowest BCUT2D eigenvalue weighted by molar-refractivity contribution is 0.0995. The maximum absolute atomic E-state index is 11.2. The number of rotatable bonds is 3. The number of hydrogen-bond donors (Lipinski definition) is 1. The Labute approximate surface area is 105 Å². The van der Waals surface area contributed by atoms with Gasteiger partial charge in [-0.3, -0.25) is 14.8 Å². The lowest BCUT2D eigenvalue weighted by Crippen LogP contribution is -2.12. The van der Waals surface area contributed by atoms with Crippen molar-refractivity contribution in [2.45, 2.75) is 18.8 Å². The molecule has 2 N–H and O–H groups in total. The van der Waals surface area contributed by atoms with E-state index in [1.165, 1.54) is 12.8 Å². The summed E-state index contributed by atoms with van der Waals surface area (Å²) in [4.78, 5) is 19.6. The standard InChI is InChI=1S/C14H13N3O/c15-14(18)12-8-10(5-7-16-12)11-2-1-6-17-13(11)9-3-4-9/h1-2,5-9H,3-4H2,(H2,15,18). The second-order valence-corrected chi connectivity index (χ2v) is 4.50. The van der Waals surface area contributed by atoms with Crippen molar-refractivity contribution in [1.82, 2.24) is 9.97 Å². The van der Waals surface area contributed by atoms with E-state index < -0.39 is 5.91 Å². The SMILES string of the molecule is NC(=O)c1cc(-c2cccnc2C2CC2)ccn1. The molecule has 0 saturated heterocycles. The van der Waals surface area contributed by atoms with Crippen LogP contribution >= 0.6 is 0 Å². The van der Waals surface area contributed by atoms with Crippen LogP contribution in [-0.4, -0.2) is 15.9 Å². The molecule has 1 amide bonds. The summed E-state index contributed by atoms with van der Waals surface area (Å²) >= 11 is 0. The van der Waals surface area contributed by atoms with Crippen molar-refractivity contribution in [3.8, 4) is 11.1 Å². The first-order valence-electron chi connectivity index (χ1n) is 5.97. The fourth-order valence-corrected chi connectivity index (χ4v) is 2.08. The molecule has 1 saturated carbocycles. The highest BCUT2D eigenvalue weighted by Gasteiger charge is 2.27. The number of nitrogens with zero attached hydrogens (tertiary/aromatic N) is 2. The molecule has 1 fully saturated rings. The minimum absolute atomic E-state index is 0.290. The molecular formula is C14H13N3O. The third-order valence-electron chi connectivity index (χ3n) is 3.13. The zero-order valence-electron chi connectivity index (χ0n) is 9.84. The van der Waals surface area contributed by atoms with Crippen molar-refractivity contribution >= 4 is 5.91 Å². The van der Waals surface area contributed by atoms with Crippen molar-refractivity contribution in [2.75, 3.05) is 0 Å². The zero-order chi connectivity index (χ0) is 12.5. The van der Waals surface area contributed by atoms with Crippen molar-refractivity contribution < 1.29 is 4.79 Å². The molecule has 0 atom stereocenters. The minimum atomic E-state index is -0.506. The lowest BCUT2D eigenvalue weighted by atomic mass is 10.0. The summed E-state index contributed by atoms with van der Waals surface area (Å²) in [5.74, 6) is 0.0557. The molecule has 0 bridgehead atoms. The summed E-state index contributed by atoms with van der Waals surface area (Å²) in [6.45, 7) is 0. The molecule has 2 aromatic heterocycles. The second kappa shape index (κ2) is 4.22. The smallest absolute Gasteiger partial charge is 0.267 e. The Morgan fingerprint density at radius 2 is 2.06 bits per heavy atom. The Balaban J connectivity index is 2.09. The highest BCUT2D eigenvalue weighted by atomic mass is 16.1. The lowest BCUT2D eigenvalue weighted by Gasteiger charge is -2.08. The van der Waals surface area contributed by atoms with E-state index >= 15 is 0 Å². The summed E-state index contributed by atoms with van der Waals surface area (Å²) in [5, 5.41) is 0. The number of carbonyl (C=O) groups excluding carboxylic acids is 1. The first-order valence-corrected chi connectivity index (χ1v) is 5.97. The predicted octanol–water partition coefficient (Wildman–Crippen LogP) is 2.12. The fourth-order valence-electron chi connectivity index (χ4n) is 2.08. The molecule has 2 aromatic rings. The zero-order valence-corrected chi connectivity index (χ0v) is 9.84. The number of amides is 1. The van der Waals surface area contributed by atoms with E-state index in [-0.39, 0.29) is 5.69 Å². The molecular weight excluding hydrogens is 226 g/mol. The van der Waals surface area contributed by atoms with Crippen molar-refractivity contribution in [2.24, 2.45) is 5.73 Å². The Hall–Kier alpha value is -2.23. The molecule has 3 rings (SSSR count). The van der Waals surface area contributed by atoms with E-state index in [0.29, 0.717) is 5.92 Å². The van der Waals surface area contributed by atoms with Gasteiger partial charge in [-0.15, -0.1) is 0 Å². The molecule has 90 valence electrons. The summed E-state index contributed by atoms with van der Waals surface area (Å²) in [5.41, 5.74) is 8.68. The topological polar surface area (TPSA) is 68.9 Å². The number of hydrogen-bond acceptors (Lipinski definition) is 3. The molecule has 0 spiro atoms. The monoisotopic (exact) mass is 239 g/mol. The molecule has 0 unspecified atom stereocenters. The molecule has 4 nitrogen and oxygen atoms in total. The molecule has 0 aromatic carbocycles. The van der Waals surface area contributed by atoms with Crippen LogP contribution in [0, 0.1) is 0 Å². The van der Waals surface area contributed by atoms with Gasteiger partial charge < -0.3 is 5.73 Å². The van der Waals surface area contributed by atoms with Gasteiger partial charge >= 0.3 is 0 Å². The number of aromatic nitrogens is 2. The Morgan fingerprint density at radius 1 is 1.22 bits per heavy atom. The molecule has 4 heteroatoms. The molecule has 1 aliphatic carbocycles. The number of primary amides is 1. The molecule has 0 radical (unpaired) electrons. The van der Waals surface area contributed by atoms with Crippen LogP contribution in [0.2, 0.25) is 0 Å².